The van der Waals surface area contributed by atoms with Crippen molar-refractivity contribution < 1.29 is 9.47 Å². The van der Waals surface area contributed by atoms with Crippen molar-refractivity contribution in [1.29, 1.82) is 0 Å². The molecule has 6 heteroatoms. The van der Waals surface area contributed by atoms with Gasteiger partial charge in [0.15, 0.2) is 5.13 Å². The zero-order valence-corrected chi connectivity index (χ0v) is 14.2. The van der Waals surface area contributed by atoms with E-state index in [9.17, 15) is 0 Å². The third-order valence-electron chi connectivity index (χ3n) is 3.87. The number of ether oxygens (including phenoxy) is 2. The van der Waals surface area contributed by atoms with Gasteiger partial charge in [-0.1, -0.05) is 6.92 Å². The molecule has 0 saturated carbocycles. The van der Waals surface area contributed by atoms with Gasteiger partial charge in [0.05, 0.1) is 18.9 Å². The van der Waals surface area contributed by atoms with Crippen LogP contribution in [0.15, 0.2) is 0 Å². The van der Waals surface area contributed by atoms with Gasteiger partial charge in [0, 0.05) is 45.3 Å². The highest BCUT2D eigenvalue weighted by atomic mass is 32.1. The Morgan fingerprint density at radius 2 is 2.05 bits per heavy atom. The monoisotopic (exact) mass is 313 g/mol. The third-order valence-corrected chi connectivity index (χ3v) is 5.03. The summed E-state index contributed by atoms with van der Waals surface area (Å²) in [5.74, 6) is 0.842. The molecular formula is C15H27N3O2S. The van der Waals surface area contributed by atoms with Gasteiger partial charge in [0.25, 0.3) is 0 Å². The quantitative estimate of drug-likeness (QED) is 0.746. The molecule has 2 rings (SSSR count). The van der Waals surface area contributed by atoms with Gasteiger partial charge in [-0.25, -0.2) is 4.98 Å². The molecule has 120 valence electrons. The van der Waals surface area contributed by atoms with Crippen LogP contribution in [-0.2, 0) is 22.6 Å². The maximum atomic E-state index is 5.29. The van der Waals surface area contributed by atoms with Gasteiger partial charge in [-0.05, 0) is 18.8 Å². The number of hydrogen-bond acceptors (Lipinski definition) is 6. The Labute approximate surface area is 131 Å². The fourth-order valence-electron chi connectivity index (χ4n) is 2.47. The number of hydrogen-bond donors (Lipinski definition) is 1. The lowest BCUT2D eigenvalue weighted by molar-refractivity contribution is 0.181. The van der Waals surface area contributed by atoms with E-state index in [4.69, 9.17) is 14.5 Å². The average molecular weight is 313 g/mol. The largest absolute Gasteiger partial charge is 0.383 e. The van der Waals surface area contributed by atoms with Crippen LogP contribution in [0, 0.1) is 5.92 Å². The Bertz CT molecular complexity index is 417. The van der Waals surface area contributed by atoms with E-state index < -0.39 is 0 Å². The molecule has 1 aromatic heterocycles. The topological polar surface area (TPSA) is 46.6 Å². The second-order valence-electron chi connectivity index (χ2n) is 5.64. The fraction of sp³-hybridized carbons (Fsp3) is 0.800. The predicted octanol–water partition coefficient (Wildman–Crippen LogP) is 2.26. The van der Waals surface area contributed by atoms with Crippen molar-refractivity contribution in [1.82, 2.24) is 10.3 Å². The lowest BCUT2D eigenvalue weighted by atomic mass is 10.00. The Morgan fingerprint density at radius 3 is 2.71 bits per heavy atom. The highest BCUT2D eigenvalue weighted by molar-refractivity contribution is 7.15. The first-order chi connectivity index (χ1) is 10.2. The minimum atomic E-state index is 0.585. The number of piperidine rings is 1. The summed E-state index contributed by atoms with van der Waals surface area (Å²) in [5.41, 5.74) is 1.07. The van der Waals surface area contributed by atoms with E-state index in [0.717, 1.165) is 49.5 Å². The standard InChI is InChI=1S/C15H27N3O2S/c1-12-4-7-18(8-5-12)15-17-13(11-20-3)14(21-15)10-16-6-9-19-2/h12,16H,4-11H2,1-3H3. The summed E-state index contributed by atoms with van der Waals surface area (Å²) in [6.45, 7) is 7.59. The zero-order valence-electron chi connectivity index (χ0n) is 13.4. The van der Waals surface area contributed by atoms with E-state index in [1.807, 2.05) is 0 Å². The molecule has 0 spiro atoms. The smallest absolute Gasteiger partial charge is 0.185 e. The molecule has 1 fully saturated rings. The zero-order chi connectivity index (χ0) is 15.1. The summed E-state index contributed by atoms with van der Waals surface area (Å²) in [6.07, 6.45) is 2.53. The molecule has 21 heavy (non-hydrogen) atoms. The highest BCUT2D eigenvalue weighted by Gasteiger charge is 2.20. The second-order valence-corrected chi connectivity index (χ2v) is 6.70. The third kappa shape index (κ3) is 4.92. The molecule has 0 radical (unpaired) electrons. The predicted molar refractivity (Wildman–Crippen MR) is 87.0 cm³/mol. The first kappa shape index (κ1) is 16.7. The van der Waals surface area contributed by atoms with Crippen molar-refractivity contribution in [3.8, 4) is 0 Å². The number of aromatic nitrogens is 1. The molecule has 1 aliphatic rings. The summed E-state index contributed by atoms with van der Waals surface area (Å²) in [4.78, 5) is 8.49. The van der Waals surface area contributed by atoms with Crippen molar-refractivity contribution >= 4 is 16.5 Å². The van der Waals surface area contributed by atoms with Crippen LogP contribution in [0.5, 0.6) is 0 Å². The average Bonchev–Trinajstić information content (AvgIpc) is 2.88. The lowest BCUT2D eigenvalue weighted by Gasteiger charge is -2.29. The summed E-state index contributed by atoms with van der Waals surface area (Å²) >= 11 is 1.80. The van der Waals surface area contributed by atoms with Gasteiger partial charge in [-0.15, -0.1) is 11.3 Å². The van der Waals surface area contributed by atoms with E-state index in [-0.39, 0.29) is 0 Å². The molecule has 1 aromatic rings. The van der Waals surface area contributed by atoms with E-state index in [1.165, 1.54) is 17.7 Å². The maximum Gasteiger partial charge on any atom is 0.185 e. The normalized spacial score (nSPS) is 16.6. The molecule has 0 bridgehead atoms. The van der Waals surface area contributed by atoms with E-state index >= 15 is 0 Å². The van der Waals surface area contributed by atoms with E-state index in [0.29, 0.717) is 6.61 Å². The molecule has 1 N–H and O–H groups in total. The molecule has 0 unspecified atom stereocenters. The molecule has 5 nitrogen and oxygen atoms in total. The Morgan fingerprint density at radius 1 is 1.29 bits per heavy atom. The van der Waals surface area contributed by atoms with Crippen LogP contribution < -0.4 is 10.2 Å². The molecular weight excluding hydrogens is 286 g/mol. The van der Waals surface area contributed by atoms with Crippen molar-refractivity contribution in [3.63, 3.8) is 0 Å². The maximum absolute atomic E-state index is 5.29. The van der Waals surface area contributed by atoms with Crippen molar-refractivity contribution in [2.45, 2.75) is 32.9 Å². The van der Waals surface area contributed by atoms with Crippen LogP contribution in [0.3, 0.4) is 0 Å². The van der Waals surface area contributed by atoms with Crippen molar-refractivity contribution in [2.24, 2.45) is 5.92 Å². The van der Waals surface area contributed by atoms with Crippen LogP contribution >= 0.6 is 11.3 Å². The number of rotatable bonds is 8. The van der Waals surface area contributed by atoms with Crippen molar-refractivity contribution in [2.75, 3.05) is 45.4 Å². The summed E-state index contributed by atoms with van der Waals surface area (Å²) < 4.78 is 10.3. The number of thiazole rings is 1. The first-order valence-electron chi connectivity index (χ1n) is 7.66. The fourth-order valence-corrected chi connectivity index (χ4v) is 3.55. The van der Waals surface area contributed by atoms with Crippen LogP contribution in [0.2, 0.25) is 0 Å². The molecule has 1 aliphatic heterocycles. The van der Waals surface area contributed by atoms with E-state index in [1.54, 1.807) is 25.6 Å². The summed E-state index contributed by atoms with van der Waals surface area (Å²) in [5, 5.41) is 4.55. The highest BCUT2D eigenvalue weighted by Crippen LogP contribution is 2.30. The molecule has 0 aliphatic carbocycles. The number of nitrogens with zero attached hydrogens (tertiary/aromatic N) is 2. The van der Waals surface area contributed by atoms with Crippen LogP contribution in [0.1, 0.15) is 30.3 Å². The Balaban J connectivity index is 1.98. The van der Waals surface area contributed by atoms with Gasteiger partial charge in [-0.3, -0.25) is 0 Å². The van der Waals surface area contributed by atoms with Gasteiger partial charge in [0.1, 0.15) is 0 Å². The number of methoxy groups -OCH3 is 2. The first-order valence-corrected chi connectivity index (χ1v) is 8.48. The van der Waals surface area contributed by atoms with Gasteiger partial charge in [-0.2, -0.15) is 0 Å². The minimum Gasteiger partial charge on any atom is -0.383 e. The van der Waals surface area contributed by atoms with Gasteiger partial charge in [0.2, 0.25) is 0 Å². The van der Waals surface area contributed by atoms with Gasteiger partial charge < -0.3 is 19.7 Å². The van der Waals surface area contributed by atoms with Crippen LogP contribution in [-0.4, -0.2) is 45.4 Å². The SMILES string of the molecule is COCCNCc1sc(N2CCC(C)CC2)nc1COC. The van der Waals surface area contributed by atoms with Crippen LogP contribution in [0.25, 0.3) is 0 Å². The molecule has 2 heterocycles. The number of anilines is 1. The molecule has 0 atom stereocenters. The lowest BCUT2D eigenvalue weighted by Crippen LogP contribution is -2.32. The Kier molecular flexibility index (Phi) is 6.89. The number of nitrogens with one attached hydrogen (secondary N) is 1. The van der Waals surface area contributed by atoms with Crippen LogP contribution in [0.4, 0.5) is 5.13 Å². The molecule has 0 aromatic carbocycles. The summed E-state index contributed by atoms with van der Waals surface area (Å²) in [7, 11) is 3.45. The molecule has 1 saturated heterocycles. The second kappa shape index (κ2) is 8.68. The summed E-state index contributed by atoms with van der Waals surface area (Å²) in [6, 6.07) is 0. The van der Waals surface area contributed by atoms with E-state index in [2.05, 4.69) is 17.1 Å². The molecule has 0 amide bonds. The minimum absolute atomic E-state index is 0.585. The van der Waals surface area contributed by atoms with Crippen molar-refractivity contribution in [3.05, 3.63) is 10.6 Å². The Hall–Kier alpha value is -0.690. The van der Waals surface area contributed by atoms with Gasteiger partial charge >= 0.3 is 0 Å².